The summed E-state index contributed by atoms with van der Waals surface area (Å²) in [7, 11) is 2.48. The summed E-state index contributed by atoms with van der Waals surface area (Å²) in [6, 6.07) is 19.1. The van der Waals surface area contributed by atoms with E-state index in [9.17, 15) is 0 Å². The number of rotatable bonds is 9. The predicted molar refractivity (Wildman–Crippen MR) is 146 cm³/mol. The summed E-state index contributed by atoms with van der Waals surface area (Å²) in [6.45, 7) is 7.33. The van der Waals surface area contributed by atoms with Crippen LogP contribution in [0.3, 0.4) is 0 Å². The van der Waals surface area contributed by atoms with Crippen LogP contribution in [0.15, 0.2) is 75.1 Å². The normalized spacial score (nSPS) is 12.4. The van der Waals surface area contributed by atoms with Gasteiger partial charge < -0.3 is 9.33 Å². The molecule has 7 nitrogen and oxygen atoms in total. The molecule has 0 radical (unpaired) electrons. The monoisotopic (exact) mass is 508 g/mol. The van der Waals surface area contributed by atoms with E-state index in [2.05, 4.69) is 45.5 Å². The standard InChI is InChI=1S/C24H28N6OS2Si/c1-6-34(4,5)31-16-17-7-9-18(10-8-17)26-28-22-15-21-23(33-22)25-24(32-21)29-27-19-11-13-20(14-12-19)30(2)3/h7-15H,6,16H2,1-5H3. The van der Waals surface area contributed by atoms with Gasteiger partial charge in [0.1, 0.15) is 9.83 Å². The fraction of sp³-hybridized carbons (Fsp3) is 0.292. The van der Waals surface area contributed by atoms with Crippen molar-refractivity contribution < 1.29 is 4.43 Å². The third kappa shape index (κ3) is 6.41. The van der Waals surface area contributed by atoms with Crippen molar-refractivity contribution in [3.05, 3.63) is 60.2 Å². The first-order valence-corrected chi connectivity index (χ1v) is 15.8. The lowest BCUT2D eigenvalue weighted by molar-refractivity contribution is 0.295. The molecule has 2 heterocycles. The molecule has 2 aromatic carbocycles. The molecule has 0 saturated heterocycles. The predicted octanol–water partition coefficient (Wildman–Crippen LogP) is 9.00. The number of nitrogens with zero attached hydrogens (tertiary/aromatic N) is 6. The molecule has 2 aromatic heterocycles. The molecule has 0 aliphatic carbocycles. The van der Waals surface area contributed by atoms with Gasteiger partial charge in [0.05, 0.1) is 22.7 Å². The van der Waals surface area contributed by atoms with E-state index >= 15 is 0 Å². The number of azo groups is 2. The third-order valence-electron chi connectivity index (χ3n) is 5.36. The first kappa shape index (κ1) is 24.3. The minimum atomic E-state index is -1.54. The van der Waals surface area contributed by atoms with Gasteiger partial charge in [0.2, 0.25) is 5.13 Å². The Morgan fingerprint density at radius 2 is 1.53 bits per heavy atom. The van der Waals surface area contributed by atoms with Gasteiger partial charge in [0, 0.05) is 19.8 Å². The van der Waals surface area contributed by atoms with Crippen molar-refractivity contribution in [1.29, 1.82) is 0 Å². The number of hydrogen-bond acceptors (Lipinski definition) is 9. The van der Waals surface area contributed by atoms with Crippen molar-refractivity contribution in [2.45, 2.75) is 32.7 Å². The van der Waals surface area contributed by atoms with Crippen molar-refractivity contribution in [2.24, 2.45) is 20.5 Å². The molecule has 0 aliphatic rings. The van der Waals surface area contributed by atoms with Crippen molar-refractivity contribution in [2.75, 3.05) is 19.0 Å². The Balaban J connectivity index is 1.37. The number of hydrogen-bond donors (Lipinski definition) is 0. The van der Waals surface area contributed by atoms with Crippen LogP contribution in [-0.4, -0.2) is 27.4 Å². The molecule has 0 amide bonds. The Hall–Kier alpha value is -2.79. The Kier molecular flexibility index (Phi) is 7.62. The van der Waals surface area contributed by atoms with Crippen LogP contribution < -0.4 is 4.90 Å². The molecule has 0 bridgehead atoms. The molecular formula is C24H28N6OS2Si. The average molecular weight is 509 g/mol. The number of aromatic nitrogens is 1. The highest BCUT2D eigenvalue weighted by Crippen LogP contribution is 2.39. The number of anilines is 1. The van der Waals surface area contributed by atoms with Gasteiger partial charge in [0.25, 0.3) is 0 Å². The Bertz CT molecular complexity index is 1260. The summed E-state index contributed by atoms with van der Waals surface area (Å²) in [5.74, 6) is 0. The van der Waals surface area contributed by atoms with Gasteiger partial charge in [-0.1, -0.05) is 41.7 Å². The summed E-state index contributed by atoms with van der Waals surface area (Å²) >= 11 is 2.99. The highest BCUT2D eigenvalue weighted by atomic mass is 32.1. The van der Waals surface area contributed by atoms with Crippen LogP contribution in [0.2, 0.25) is 19.1 Å². The molecule has 10 heteroatoms. The van der Waals surface area contributed by atoms with Crippen LogP contribution in [0.4, 0.5) is 27.2 Å². The average Bonchev–Trinajstić information content (AvgIpc) is 3.39. The van der Waals surface area contributed by atoms with Gasteiger partial charge in [-0.3, -0.25) is 0 Å². The molecule has 4 aromatic rings. The fourth-order valence-electron chi connectivity index (χ4n) is 2.87. The number of thiophene rings is 1. The zero-order valence-electron chi connectivity index (χ0n) is 20.0. The van der Waals surface area contributed by atoms with Crippen molar-refractivity contribution in [1.82, 2.24) is 4.98 Å². The molecular weight excluding hydrogens is 481 g/mol. The van der Waals surface area contributed by atoms with Gasteiger partial charge in [-0.2, -0.15) is 0 Å². The van der Waals surface area contributed by atoms with Crippen LogP contribution >= 0.6 is 22.7 Å². The van der Waals surface area contributed by atoms with E-state index in [1.54, 1.807) is 0 Å². The molecule has 0 N–H and O–H groups in total. The second-order valence-corrected chi connectivity index (χ2v) is 15.2. The van der Waals surface area contributed by atoms with Gasteiger partial charge in [0.15, 0.2) is 8.32 Å². The maximum Gasteiger partial charge on any atom is 0.231 e. The zero-order valence-corrected chi connectivity index (χ0v) is 22.7. The van der Waals surface area contributed by atoms with Crippen LogP contribution in [0.1, 0.15) is 12.5 Å². The van der Waals surface area contributed by atoms with E-state index in [0.29, 0.717) is 11.7 Å². The maximum atomic E-state index is 6.09. The second kappa shape index (κ2) is 10.6. The Morgan fingerprint density at radius 3 is 2.15 bits per heavy atom. The highest BCUT2D eigenvalue weighted by molar-refractivity contribution is 7.30. The number of benzene rings is 2. The lowest BCUT2D eigenvalue weighted by Gasteiger charge is -2.20. The summed E-state index contributed by atoms with van der Waals surface area (Å²) in [4.78, 5) is 7.51. The number of fused-ring (bicyclic) bond motifs is 1. The van der Waals surface area contributed by atoms with Crippen molar-refractivity contribution in [3.8, 4) is 0 Å². The lowest BCUT2D eigenvalue weighted by atomic mass is 10.2. The summed E-state index contributed by atoms with van der Waals surface area (Å²) in [6.07, 6.45) is 0. The summed E-state index contributed by atoms with van der Waals surface area (Å²) < 4.78 is 7.12. The molecule has 0 atom stereocenters. The molecule has 0 fully saturated rings. The molecule has 0 spiro atoms. The molecule has 0 unspecified atom stereocenters. The second-order valence-electron chi connectivity index (χ2n) is 8.63. The van der Waals surface area contributed by atoms with Crippen LogP contribution in [0.5, 0.6) is 0 Å². The van der Waals surface area contributed by atoms with Gasteiger partial charge in [-0.25, -0.2) is 4.98 Å². The van der Waals surface area contributed by atoms with Crippen LogP contribution in [-0.2, 0) is 11.0 Å². The Morgan fingerprint density at radius 1 is 0.882 bits per heavy atom. The minimum Gasteiger partial charge on any atom is -0.413 e. The van der Waals surface area contributed by atoms with E-state index in [1.807, 2.05) is 73.6 Å². The third-order valence-corrected chi connectivity index (χ3v) is 9.92. The number of thiazole rings is 1. The van der Waals surface area contributed by atoms with E-state index in [-0.39, 0.29) is 0 Å². The quantitative estimate of drug-likeness (QED) is 0.167. The minimum absolute atomic E-state index is 0.633. The largest absolute Gasteiger partial charge is 0.413 e. The van der Waals surface area contributed by atoms with E-state index < -0.39 is 8.32 Å². The van der Waals surface area contributed by atoms with Crippen LogP contribution in [0, 0.1) is 0 Å². The highest BCUT2D eigenvalue weighted by Gasteiger charge is 2.19. The van der Waals surface area contributed by atoms with E-state index in [1.165, 1.54) is 22.7 Å². The fourth-order valence-corrected chi connectivity index (χ4v) is 5.48. The first-order chi connectivity index (χ1) is 16.3. The lowest BCUT2D eigenvalue weighted by Crippen LogP contribution is -2.28. The van der Waals surface area contributed by atoms with E-state index in [4.69, 9.17) is 4.43 Å². The Labute approximate surface area is 209 Å². The van der Waals surface area contributed by atoms with Gasteiger partial charge in [-0.15, -0.1) is 20.5 Å². The molecule has 0 saturated carbocycles. The topological polar surface area (TPSA) is 74.8 Å². The molecule has 34 heavy (non-hydrogen) atoms. The van der Waals surface area contributed by atoms with E-state index in [0.717, 1.165) is 43.2 Å². The molecule has 176 valence electrons. The smallest absolute Gasteiger partial charge is 0.231 e. The van der Waals surface area contributed by atoms with Crippen LogP contribution in [0.25, 0.3) is 9.53 Å². The van der Waals surface area contributed by atoms with Crippen molar-refractivity contribution >= 4 is 67.7 Å². The first-order valence-electron chi connectivity index (χ1n) is 11.1. The summed E-state index contributed by atoms with van der Waals surface area (Å²) in [5, 5.41) is 18.8. The van der Waals surface area contributed by atoms with Crippen molar-refractivity contribution in [3.63, 3.8) is 0 Å². The van der Waals surface area contributed by atoms with Gasteiger partial charge in [-0.05, 0) is 67.2 Å². The van der Waals surface area contributed by atoms with Gasteiger partial charge >= 0.3 is 0 Å². The molecule has 4 rings (SSSR count). The SMILES string of the molecule is CC[Si](C)(C)OCc1ccc(N=Nc2cc3sc(N=Nc4ccc(N(C)C)cc4)nc3s2)cc1. The summed E-state index contributed by atoms with van der Waals surface area (Å²) in [5.41, 5.74) is 3.89. The zero-order chi connectivity index (χ0) is 24.1. The maximum absolute atomic E-state index is 6.09. The molecule has 0 aliphatic heterocycles.